The molecule has 0 fully saturated rings. The molecule has 4 aromatic rings. The fourth-order valence-electron chi connectivity index (χ4n) is 3.55. The molecule has 0 spiro atoms. The number of sulfonamides is 1. The number of aromatic nitrogens is 2. The highest BCUT2D eigenvalue weighted by Crippen LogP contribution is 2.31. The first-order valence-corrected chi connectivity index (χ1v) is 13.5. The molecular formula is C28H34N6O5S. The molecule has 0 saturated heterocycles. The van der Waals surface area contributed by atoms with Crippen LogP contribution in [0.25, 0.3) is 11.0 Å². The number of amides is 1. The van der Waals surface area contributed by atoms with Gasteiger partial charge in [0.15, 0.2) is 11.6 Å². The number of ether oxygens (including phenoxy) is 1. The van der Waals surface area contributed by atoms with Gasteiger partial charge >= 0.3 is 0 Å². The quantitative estimate of drug-likeness (QED) is 0.191. The number of hydrogen-bond acceptors (Lipinski definition) is 9. The average molecular weight is 567 g/mol. The molecule has 1 amide bonds. The molecule has 4 rings (SSSR count). The number of rotatable bonds is 9. The molecule has 5 N–H and O–H groups in total. The molecule has 0 aliphatic carbocycles. The fourth-order valence-corrected chi connectivity index (χ4v) is 4.60. The lowest BCUT2D eigenvalue weighted by Gasteiger charge is -2.20. The van der Waals surface area contributed by atoms with Crippen LogP contribution in [-0.2, 0) is 14.8 Å². The first-order valence-electron chi connectivity index (χ1n) is 12.0. The van der Waals surface area contributed by atoms with Crippen LogP contribution in [0.5, 0.6) is 11.5 Å². The van der Waals surface area contributed by atoms with Crippen molar-refractivity contribution in [1.82, 2.24) is 15.3 Å². The van der Waals surface area contributed by atoms with Crippen LogP contribution in [0.2, 0.25) is 0 Å². The minimum atomic E-state index is -4.15. The molecule has 0 saturated carbocycles. The number of aromatic hydroxyl groups is 1. The molecule has 0 atom stereocenters. The van der Waals surface area contributed by atoms with Crippen molar-refractivity contribution in [2.75, 3.05) is 29.0 Å². The number of nitrogens with zero attached hydrogens (tertiary/aromatic N) is 2. The van der Waals surface area contributed by atoms with E-state index >= 15 is 0 Å². The van der Waals surface area contributed by atoms with E-state index in [1.165, 1.54) is 37.4 Å². The second kappa shape index (κ2) is 12.2. The number of fused-ring (bicyclic) bond motifs is 1. The Bertz CT molecular complexity index is 1620. The highest BCUT2D eigenvalue weighted by Gasteiger charge is 2.20. The van der Waals surface area contributed by atoms with E-state index < -0.39 is 10.0 Å². The molecule has 0 aliphatic heterocycles. The third kappa shape index (κ3) is 7.80. The zero-order valence-corrected chi connectivity index (χ0v) is 22.8. The van der Waals surface area contributed by atoms with Crippen molar-refractivity contribution in [2.45, 2.75) is 38.6 Å². The van der Waals surface area contributed by atoms with Crippen molar-refractivity contribution in [3.63, 3.8) is 0 Å². The molecule has 1 aromatic heterocycles. The van der Waals surface area contributed by atoms with Crippen LogP contribution < -0.4 is 25.4 Å². The van der Waals surface area contributed by atoms with Gasteiger partial charge in [-0.3, -0.25) is 9.52 Å². The topological polar surface area (TPSA) is 155 Å². The summed E-state index contributed by atoms with van der Waals surface area (Å²) < 4.78 is 34.5. The lowest BCUT2D eigenvalue weighted by molar-refractivity contribution is -0.115. The lowest BCUT2D eigenvalue weighted by Crippen LogP contribution is -2.41. The van der Waals surface area contributed by atoms with E-state index in [0.717, 1.165) is 0 Å². The van der Waals surface area contributed by atoms with Crippen molar-refractivity contribution >= 4 is 50.0 Å². The van der Waals surface area contributed by atoms with E-state index in [0.29, 0.717) is 28.2 Å². The molecule has 12 heteroatoms. The molecule has 0 aliphatic rings. The number of methoxy groups -OCH3 is 1. The van der Waals surface area contributed by atoms with Gasteiger partial charge in [0.25, 0.3) is 10.0 Å². The van der Waals surface area contributed by atoms with Gasteiger partial charge in [-0.25, -0.2) is 18.4 Å². The second-order valence-corrected chi connectivity index (χ2v) is 11.4. The number of phenols is 1. The van der Waals surface area contributed by atoms with Crippen molar-refractivity contribution in [3.05, 3.63) is 66.7 Å². The van der Waals surface area contributed by atoms with Gasteiger partial charge in [0.2, 0.25) is 5.91 Å². The first-order chi connectivity index (χ1) is 18.4. The van der Waals surface area contributed by atoms with Crippen LogP contribution in [0.15, 0.2) is 71.6 Å². The smallest absolute Gasteiger partial charge is 0.263 e. The van der Waals surface area contributed by atoms with Crippen LogP contribution in [-0.4, -0.2) is 48.6 Å². The Morgan fingerprint density at radius 1 is 0.925 bits per heavy atom. The molecule has 0 bridgehead atoms. The van der Waals surface area contributed by atoms with Crippen LogP contribution >= 0.6 is 0 Å². The third-order valence-electron chi connectivity index (χ3n) is 5.40. The monoisotopic (exact) mass is 566 g/mol. The average Bonchev–Trinajstić information content (AvgIpc) is 2.87. The summed E-state index contributed by atoms with van der Waals surface area (Å²) in [5.41, 5.74) is 1.49. The standard InChI is InChI=1S/C27H30N6O5S.CH4/c1-27(2,3)28-16-24(35)29-17-8-7-9-21(14-17)39(36,37)33-26-25(31-22-10-5-6-11-23(22)32-26)30-18-12-19(34)15-20(13-18)38-4;/h5-15,28,34H,16H2,1-4H3,(H,29,35)(H,30,31)(H,32,33);1H4. The van der Waals surface area contributed by atoms with Crippen molar-refractivity contribution in [2.24, 2.45) is 0 Å². The molecule has 3 aromatic carbocycles. The SMILES string of the molecule is C.COc1cc(O)cc(Nc2nc3ccccc3nc2NS(=O)(=O)c2cccc(NC(=O)CNC(C)(C)C)c2)c1. The van der Waals surface area contributed by atoms with Crippen LogP contribution in [0.1, 0.15) is 28.2 Å². The minimum absolute atomic E-state index is 0. The molecule has 0 radical (unpaired) electrons. The van der Waals surface area contributed by atoms with Crippen molar-refractivity contribution < 1.29 is 23.1 Å². The maximum Gasteiger partial charge on any atom is 0.263 e. The normalized spacial score (nSPS) is 11.4. The predicted molar refractivity (Wildman–Crippen MR) is 158 cm³/mol. The molecular weight excluding hydrogens is 532 g/mol. The number of phenolic OH excluding ortho intramolecular Hbond substituents is 1. The summed E-state index contributed by atoms with van der Waals surface area (Å²) in [6, 6.07) is 17.4. The van der Waals surface area contributed by atoms with E-state index in [-0.39, 0.29) is 47.7 Å². The summed E-state index contributed by atoms with van der Waals surface area (Å²) in [7, 11) is -2.68. The maximum absolute atomic E-state index is 13.4. The third-order valence-corrected chi connectivity index (χ3v) is 6.74. The van der Waals surface area contributed by atoms with Gasteiger partial charge in [-0.05, 0) is 51.1 Å². The summed E-state index contributed by atoms with van der Waals surface area (Å²) >= 11 is 0. The zero-order valence-electron chi connectivity index (χ0n) is 21.9. The zero-order chi connectivity index (χ0) is 28.2. The Kier molecular flexibility index (Phi) is 9.17. The second-order valence-electron chi connectivity index (χ2n) is 9.74. The Hall–Kier alpha value is -4.42. The number of nitrogens with one attached hydrogen (secondary N) is 4. The predicted octanol–water partition coefficient (Wildman–Crippen LogP) is 4.85. The van der Waals surface area contributed by atoms with Crippen LogP contribution in [0.3, 0.4) is 0 Å². The van der Waals surface area contributed by atoms with Crippen LogP contribution in [0.4, 0.5) is 23.0 Å². The summed E-state index contributed by atoms with van der Waals surface area (Å²) in [5.74, 6) is 0.0950. The Balaban J connectivity index is 0.00000441. The summed E-state index contributed by atoms with van der Waals surface area (Å²) in [5, 5.41) is 18.8. The van der Waals surface area contributed by atoms with Gasteiger partial charge < -0.3 is 25.8 Å². The number of benzene rings is 3. The molecule has 212 valence electrons. The number of carbonyl (C=O) groups excluding carboxylic acids is 1. The van der Waals surface area contributed by atoms with Gasteiger partial charge in [-0.2, -0.15) is 0 Å². The van der Waals surface area contributed by atoms with E-state index in [1.54, 1.807) is 36.4 Å². The molecule has 40 heavy (non-hydrogen) atoms. The van der Waals surface area contributed by atoms with Crippen LogP contribution in [0, 0.1) is 0 Å². The van der Waals surface area contributed by atoms with Crippen molar-refractivity contribution in [1.29, 1.82) is 0 Å². The minimum Gasteiger partial charge on any atom is -0.508 e. The number of carbonyl (C=O) groups is 1. The highest BCUT2D eigenvalue weighted by molar-refractivity contribution is 7.92. The largest absolute Gasteiger partial charge is 0.508 e. The Morgan fingerprint density at radius 2 is 1.60 bits per heavy atom. The fraction of sp³-hybridized carbons (Fsp3) is 0.250. The summed E-state index contributed by atoms with van der Waals surface area (Å²) in [6.07, 6.45) is 0. The van der Waals surface area contributed by atoms with Gasteiger partial charge in [-0.15, -0.1) is 0 Å². The van der Waals surface area contributed by atoms with E-state index in [9.17, 15) is 18.3 Å². The Morgan fingerprint density at radius 3 is 2.25 bits per heavy atom. The van der Waals surface area contributed by atoms with Gasteiger partial charge in [-0.1, -0.05) is 25.6 Å². The maximum atomic E-state index is 13.4. The van der Waals surface area contributed by atoms with E-state index in [1.807, 2.05) is 20.8 Å². The number of hydrogen-bond donors (Lipinski definition) is 5. The van der Waals surface area contributed by atoms with Gasteiger partial charge in [0, 0.05) is 35.1 Å². The van der Waals surface area contributed by atoms with Crippen molar-refractivity contribution in [3.8, 4) is 11.5 Å². The number of para-hydroxylation sites is 2. The molecule has 0 unspecified atom stereocenters. The Labute approximate surface area is 234 Å². The first kappa shape index (κ1) is 30.1. The van der Waals surface area contributed by atoms with Gasteiger partial charge in [0.1, 0.15) is 11.5 Å². The highest BCUT2D eigenvalue weighted by atomic mass is 32.2. The molecule has 11 nitrogen and oxygen atoms in total. The van der Waals surface area contributed by atoms with Gasteiger partial charge in [0.05, 0.1) is 29.6 Å². The van der Waals surface area contributed by atoms with E-state index in [2.05, 4.69) is 30.6 Å². The summed E-state index contributed by atoms with van der Waals surface area (Å²) in [4.78, 5) is 21.3. The number of anilines is 4. The lowest BCUT2D eigenvalue weighted by atomic mass is 10.1. The molecule has 1 heterocycles. The summed E-state index contributed by atoms with van der Waals surface area (Å²) in [6.45, 7) is 5.89. The van der Waals surface area contributed by atoms with E-state index in [4.69, 9.17) is 4.74 Å².